The lowest BCUT2D eigenvalue weighted by Gasteiger charge is -2.28. The second-order valence-corrected chi connectivity index (χ2v) is 14.2. The van der Waals surface area contributed by atoms with Crippen LogP contribution in [-0.2, 0) is 17.9 Å². The molecule has 0 saturated carbocycles. The Hall–Kier alpha value is -6.00. The highest BCUT2D eigenvalue weighted by Crippen LogP contribution is 2.40. The SMILES string of the molecule is Cc1ccc(CN(c2ccc(C3=C(O)C(=C4C=CC(=[N+](Cc5ccc(C)cc5)c5ccc(C)cc5C)C=C4)C3=O)cc2)c2ccc(C)cc2C)cc1. The van der Waals surface area contributed by atoms with Gasteiger partial charge in [0.25, 0.3) is 0 Å². The second-order valence-electron chi connectivity index (χ2n) is 14.2. The van der Waals surface area contributed by atoms with Gasteiger partial charge in [-0.1, -0.05) is 101 Å². The van der Waals surface area contributed by atoms with Crippen LogP contribution in [-0.4, -0.2) is 21.2 Å². The lowest BCUT2D eigenvalue weighted by molar-refractivity contribution is -0.456. The monoisotopic (exact) mass is 681 g/mol. The lowest BCUT2D eigenvalue weighted by Crippen LogP contribution is -2.23. The van der Waals surface area contributed by atoms with E-state index in [0.29, 0.717) is 35.4 Å². The third kappa shape index (κ3) is 6.97. The summed E-state index contributed by atoms with van der Waals surface area (Å²) in [5, 5.41) is 11.3. The van der Waals surface area contributed by atoms with Crippen LogP contribution < -0.4 is 4.90 Å². The van der Waals surface area contributed by atoms with Crippen LogP contribution >= 0.6 is 0 Å². The molecular weight excluding hydrogens is 637 g/mol. The van der Waals surface area contributed by atoms with E-state index >= 15 is 0 Å². The standard InChI is InChI=1S/C48H44N2O2/c1-31-7-13-37(14-8-31)29-49(43-25-11-33(3)27-35(43)5)41-21-17-39(18-22-41)45-47(51)46(48(45)52)40-19-23-42(24-20-40)50(30-38-15-9-32(2)10-16-38)44-26-12-34(4)28-36(44)6/h7-28H,29-30H2,1-6H3/p+1. The quantitative estimate of drug-likeness (QED) is 0.131. The first kappa shape index (κ1) is 34.4. The van der Waals surface area contributed by atoms with Crippen molar-refractivity contribution in [1.29, 1.82) is 0 Å². The molecule has 52 heavy (non-hydrogen) atoms. The second kappa shape index (κ2) is 14.3. The third-order valence-electron chi connectivity index (χ3n) is 10.1. The zero-order chi connectivity index (χ0) is 36.5. The number of Topliss-reactive ketones (excluding diaryl/α,β-unsaturated/α-hetero) is 1. The van der Waals surface area contributed by atoms with Crippen molar-refractivity contribution in [2.24, 2.45) is 0 Å². The van der Waals surface area contributed by atoms with Gasteiger partial charge in [-0.25, -0.2) is 0 Å². The lowest BCUT2D eigenvalue weighted by atomic mass is 9.80. The number of aliphatic hydroxyl groups excluding tert-OH is 1. The van der Waals surface area contributed by atoms with E-state index in [1.54, 1.807) is 0 Å². The van der Waals surface area contributed by atoms with Crippen molar-refractivity contribution >= 4 is 34.1 Å². The molecule has 7 rings (SSSR count). The Morgan fingerprint density at radius 2 is 1.13 bits per heavy atom. The average Bonchev–Trinajstić information content (AvgIpc) is 3.13. The molecular formula is C48H45N2O2+. The Kier molecular flexibility index (Phi) is 9.49. The number of aliphatic hydroxyl groups is 1. The summed E-state index contributed by atoms with van der Waals surface area (Å²) < 4.78 is 2.30. The molecule has 5 aromatic carbocycles. The number of carbonyl (C=O) groups excluding carboxylic acids is 1. The van der Waals surface area contributed by atoms with Crippen LogP contribution in [0.5, 0.6) is 0 Å². The van der Waals surface area contributed by atoms with Gasteiger partial charge in [0, 0.05) is 47.3 Å². The Morgan fingerprint density at radius 1 is 0.577 bits per heavy atom. The van der Waals surface area contributed by atoms with Crippen LogP contribution in [0.25, 0.3) is 5.57 Å². The van der Waals surface area contributed by atoms with Gasteiger partial charge in [0.2, 0.25) is 17.2 Å². The van der Waals surface area contributed by atoms with Crippen molar-refractivity contribution in [1.82, 2.24) is 0 Å². The van der Waals surface area contributed by atoms with E-state index in [1.807, 2.05) is 48.6 Å². The highest BCUT2D eigenvalue weighted by molar-refractivity contribution is 6.39. The summed E-state index contributed by atoms with van der Waals surface area (Å²) in [7, 11) is 0. The van der Waals surface area contributed by atoms with Crippen LogP contribution in [0.2, 0.25) is 0 Å². The molecule has 0 heterocycles. The van der Waals surface area contributed by atoms with E-state index in [1.165, 1.54) is 44.5 Å². The molecule has 0 unspecified atom stereocenters. The first-order valence-electron chi connectivity index (χ1n) is 17.9. The van der Waals surface area contributed by atoms with Gasteiger partial charge >= 0.3 is 0 Å². The normalized spacial score (nSPS) is 13.9. The Labute approximate surface area is 307 Å². The predicted octanol–water partition coefficient (Wildman–Crippen LogP) is 11.1. The van der Waals surface area contributed by atoms with Crippen LogP contribution in [0, 0.1) is 41.5 Å². The van der Waals surface area contributed by atoms with Gasteiger partial charge in [-0.15, -0.1) is 0 Å². The van der Waals surface area contributed by atoms with Gasteiger partial charge in [0.15, 0.2) is 6.54 Å². The van der Waals surface area contributed by atoms with Gasteiger partial charge in [-0.3, -0.25) is 4.79 Å². The van der Waals surface area contributed by atoms with E-state index < -0.39 is 0 Å². The van der Waals surface area contributed by atoms with Crippen molar-refractivity contribution in [3.05, 3.63) is 200 Å². The number of carbonyl (C=O) groups is 1. The molecule has 0 atom stereocenters. The topological polar surface area (TPSA) is 43.5 Å². The number of hydrogen-bond donors (Lipinski definition) is 1. The van der Waals surface area contributed by atoms with Crippen molar-refractivity contribution in [3.8, 4) is 0 Å². The smallest absolute Gasteiger partial charge is 0.208 e. The van der Waals surface area contributed by atoms with E-state index in [-0.39, 0.29) is 11.5 Å². The summed E-state index contributed by atoms with van der Waals surface area (Å²) in [5.74, 6) is -0.0999. The molecule has 2 aliphatic carbocycles. The van der Waals surface area contributed by atoms with E-state index in [2.05, 4.69) is 136 Å². The van der Waals surface area contributed by atoms with Crippen molar-refractivity contribution in [2.45, 2.75) is 54.6 Å². The Bertz CT molecular complexity index is 2330. The largest absolute Gasteiger partial charge is 0.506 e. The average molecular weight is 682 g/mol. The summed E-state index contributed by atoms with van der Waals surface area (Å²) in [5.41, 5.74) is 16.2. The number of anilines is 2. The number of hydrogen-bond acceptors (Lipinski definition) is 3. The molecule has 2 aliphatic rings. The number of benzene rings is 5. The van der Waals surface area contributed by atoms with Gasteiger partial charge in [-0.05, 0) is 100 Å². The molecule has 0 bridgehead atoms. The Morgan fingerprint density at radius 3 is 1.71 bits per heavy atom. The fraction of sp³-hybridized carbons (Fsp3) is 0.167. The molecule has 0 aromatic heterocycles. The maximum absolute atomic E-state index is 13.7. The zero-order valence-electron chi connectivity index (χ0n) is 30.9. The number of aryl methyl sites for hydroxylation is 6. The summed E-state index contributed by atoms with van der Waals surface area (Å²) in [6.45, 7) is 14.1. The molecule has 1 N–H and O–H groups in total. The Balaban J connectivity index is 1.18. The molecule has 0 radical (unpaired) electrons. The number of allylic oxidation sites excluding steroid dienone is 7. The van der Waals surface area contributed by atoms with E-state index in [4.69, 9.17) is 0 Å². The van der Waals surface area contributed by atoms with Crippen LogP contribution in [0.4, 0.5) is 17.1 Å². The summed E-state index contributed by atoms with van der Waals surface area (Å²) in [6, 6.07) is 38.3. The number of ketones is 1. The molecule has 4 heteroatoms. The van der Waals surface area contributed by atoms with Crippen molar-refractivity contribution in [2.75, 3.05) is 4.90 Å². The number of nitrogens with zero attached hydrogens (tertiary/aromatic N) is 2. The van der Waals surface area contributed by atoms with Gasteiger partial charge in [0.05, 0.1) is 11.1 Å². The minimum Gasteiger partial charge on any atom is -0.506 e. The summed E-state index contributed by atoms with van der Waals surface area (Å²) in [4.78, 5) is 16.0. The van der Waals surface area contributed by atoms with Crippen LogP contribution in [0.15, 0.2) is 150 Å². The molecule has 0 saturated heterocycles. The first-order chi connectivity index (χ1) is 25.0. The van der Waals surface area contributed by atoms with Gasteiger partial charge in [-0.2, -0.15) is 4.58 Å². The summed E-state index contributed by atoms with van der Waals surface area (Å²) in [6.07, 6.45) is 7.96. The van der Waals surface area contributed by atoms with E-state index in [9.17, 15) is 9.90 Å². The molecule has 0 spiro atoms. The van der Waals surface area contributed by atoms with Crippen molar-refractivity contribution < 1.29 is 14.5 Å². The molecule has 5 aromatic rings. The molecule has 0 amide bonds. The molecule has 258 valence electrons. The molecule has 0 aliphatic heterocycles. The zero-order valence-corrected chi connectivity index (χ0v) is 30.9. The van der Waals surface area contributed by atoms with Crippen LogP contribution in [0.3, 0.4) is 0 Å². The third-order valence-corrected chi connectivity index (χ3v) is 10.1. The highest BCUT2D eigenvalue weighted by Gasteiger charge is 2.37. The minimum atomic E-state index is -0.144. The minimum absolute atomic E-state index is 0.0438. The maximum Gasteiger partial charge on any atom is 0.208 e. The molecule has 0 fully saturated rings. The fourth-order valence-electron chi connectivity index (χ4n) is 7.15. The summed E-state index contributed by atoms with van der Waals surface area (Å²) >= 11 is 0. The van der Waals surface area contributed by atoms with E-state index in [0.717, 1.165) is 22.8 Å². The van der Waals surface area contributed by atoms with Gasteiger partial charge < -0.3 is 10.0 Å². The fourth-order valence-corrected chi connectivity index (χ4v) is 7.15. The van der Waals surface area contributed by atoms with Crippen molar-refractivity contribution in [3.63, 3.8) is 0 Å². The van der Waals surface area contributed by atoms with Gasteiger partial charge in [0.1, 0.15) is 5.76 Å². The highest BCUT2D eigenvalue weighted by atomic mass is 16.3. The number of rotatable bonds is 8. The first-order valence-corrected chi connectivity index (χ1v) is 17.9. The maximum atomic E-state index is 13.7. The molecule has 4 nitrogen and oxygen atoms in total. The van der Waals surface area contributed by atoms with Crippen LogP contribution in [0.1, 0.15) is 50.1 Å². The predicted molar refractivity (Wildman–Crippen MR) is 215 cm³/mol.